The molecule has 106 valence electrons. The van der Waals surface area contributed by atoms with E-state index in [1.165, 1.54) is 7.11 Å². The van der Waals surface area contributed by atoms with Gasteiger partial charge >= 0.3 is 0 Å². The third kappa shape index (κ3) is 2.34. The fourth-order valence-electron chi connectivity index (χ4n) is 2.33. The van der Waals surface area contributed by atoms with Crippen molar-refractivity contribution in [3.63, 3.8) is 0 Å². The van der Waals surface area contributed by atoms with Gasteiger partial charge in [-0.15, -0.1) is 0 Å². The van der Waals surface area contributed by atoms with Gasteiger partial charge in [-0.25, -0.2) is 0 Å². The number of nitrogens with one attached hydrogen (secondary N) is 1. The Morgan fingerprint density at radius 2 is 2.00 bits per heavy atom. The predicted molar refractivity (Wildman–Crippen MR) is 84.1 cm³/mol. The van der Waals surface area contributed by atoms with Gasteiger partial charge in [-0.05, 0) is 30.3 Å². The van der Waals surface area contributed by atoms with E-state index in [-0.39, 0.29) is 5.78 Å². The topological polar surface area (TPSA) is 68.1 Å². The van der Waals surface area contributed by atoms with Gasteiger partial charge in [0.05, 0.1) is 12.7 Å². The van der Waals surface area contributed by atoms with Gasteiger partial charge in [-0.2, -0.15) is 0 Å². The molecule has 0 saturated heterocycles. The number of nitrogen functional groups attached to an aromatic ring is 1. The highest BCUT2D eigenvalue weighted by molar-refractivity contribution is 6.31. The van der Waals surface area contributed by atoms with E-state index in [0.717, 1.165) is 10.9 Å². The van der Waals surface area contributed by atoms with Crippen molar-refractivity contribution in [1.29, 1.82) is 0 Å². The molecule has 0 aliphatic carbocycles. The molecule has 0 saturated carbocycles. The first kappa shape index (κ1) is 13.5. The van der Waals surface area contributed by atoms with Crippen LogP contribution in [0.1, 0.15) is 15.9 Å². The van der Waals surface area contributed by atoms with Crippen LogP contribution >= 0.6 is 11.6 Å². The van der Waals surface area contributed by atoms with Crippen molar-refractivity contribution in [2.24, 2.45) is 0 Å². The average molecular weight is 301 g/mol. The van der Waals surface area contributed by atoms with Crippen molar-refractivity contribution in [3.8, 4) is 5.75 Å². The number of hydrogen-bond acceptors (Lipinski definition) is 3. The summed E-state index contributed by atoms with van der Waals surface area (Å²) >= 11 is 5.95. The Hall–Kier alpha value is -2.46. The minimum atomic E-state index is -0.146. The maximum atomic E-state index is 12.7. The number of carbonyl (C=O) groups excluding carboxylic acids is 1. The van der Waals surface area contributed by atoms with Crippen LogP contribution in [0, 0.1) is 0 Å². The van der Waals surface area contributed by atoms with E-state index in [1.807, 2.05) is 6.07 Å². The first-order valence-corrected chi connectivity index (χ1v) is 6.73. The first-order valence-electron chi connectivity index (χ1n) is 6.35. The summed E-state index contributed by atoms with van der Waals surface area (Å²) in [5, 5.41) is 1.43. The fourth-order valence-corrected chi connectivity index (χ4v) is 2.51. The molecule has 0 atom stereocenters. The molecule has 3 rings (SSSR count). The Labute approximate surface area is 126 Å². The molecular formula is C16H13ClN2O2. The molecule has 0 spiro atoms. The summed E-state index contributed by atoms with van der Waals surface area (Å²) < 4.78 is 5.24. The maximum absolute atomic E-state index is 12.7. The lowest BCUT2D eigenvalue weighted by molar-refractivity contribution is 0.103. The summed E-state index contributed by atoms with van der Waals surface area (Å²) in [4.78, 5) is 15.8. The summed E-state index contributed by atoms with van der Waals surface area (Å²) in [5.41, 5.74) is 8.10. The number of hydrogen-bond donors (Lipinski definition) is 2. The molecule has 0 fully saturated rings. The van der Waals surface area contributed by atoms with E-state index >= 15 is 0 Å². The summed E-state index contributed by atoms with van der Waals surface area (Å²) in [5.74, 6) is 0.352. The fraction of sp³-hybridized carbons (Fsp3) is 0.0625. The smallest absolute Gasteiger partial charge is 0.198 e. The largest absolute Gasteiger partial charge is 0.496 e. The van der Waals surface area contributed by atoms with E-state index in [0.29, 0.717) is 27.6 Å². The van der Waals surface area contributed by atoms with Crippen LogP contribution in [0.4, 0.5) is 5.69 Å². The van der Waals surface area contributed by atoms with E-state index in [4.69, 9.17) is 22.1 Å². The van der Waals surface area contributed by atoms with Crippen LogP contribution in [-0.4, -0.2) is 17.9 Å². The molecule has 0 amide bonds. The maximum Gasteiger partial charge on any atom is 0.198 e. The van der Waals surface area contributed by atoms with Gasteiger partial charge in [-0.1, -0.05) is 17.7 Å². The number of rotatable bonds is 3. The summed E-state index contributed by atoms with van der Waals surface area (Å²) in [6.45, 7) is 0. The van der Waals surface area contributed by atoms with Crippen LogP contribution in [0.15, 0.2) is 42.6 Å². The predicted octanol–water partition coefficient (Wildman–Crippen LogP) is 3.64. The van der Waals surface area contributed by atoms with Crippen LogP contribution < -0.4 is 10.5 Å². The van der Waals surface area contributed by atoms with Crippen molar-refractivity contribution >= 4 is 34.0 Å². The van der Waals surface area contributed by atoms with Gasteiger partial charge in [0.1, 0.15) is 5.75 Å². The number of H-pyrrole nitrogens is 1. The Kier molecular flexibility index (Phi) is 3.31. The monoisotopic (exact) mass is 300 g/mol. The second kappa shape index (κ2) is 5.14. The van der Waals surface area contributed by atoms with Gasteiger partial charge in [0.25, 0.3) is 0 Å². The standard InChI is InChI=1S/C16H13ClN2O2/c1-21-15-5-3-10(18)7-12(15)16(20)13-8-19-14-6-9(17)2-4-11(13)14/h2-8,19H,18H2,1H3. The van der Waals surface area contributed by atoms with Crippen LogP contribution in [0.25, 0.3) is 10.9 Å². The normalized spacial score (nSPS) is 10.8. The Bertz CT molecular complexity index is 839. The van der Waals surface area contributed by atoms with E-state index < -0.39 is 0 Å². The highest BCUT2D eigenvalue weighted by atomic mass is 35.5. The Morgan fingerprint density at radius 3 is 2.76 bits per heavy atom. The lowest BCUT2D eigenvalue weighted by Crippen LogP contribution is -2.04. The number of carbonyl (C=O) groups is 1. The molecule has 1 aromatic heterocycles. The number of aromatic amines is 1. The lowest BCUT2D eigenvalue weighted by Gasteiger charge is -2.08. The number of fused-ring (bicyclic) bond motifs is 1. The third-order valence-electron chi connectivity index (χ3n) is 3.36. The quantitative estimate of drug-likeness (QED) is 0.573. The van der Waals surface area contributed by atoms with Crippen LogP contribution in [0.2, 0.25) is 5.02 Å². The number of methoxy groups -OCH3 is 1. The van der Waals surface area contributed by atoms with Gasteiger partial charge in [0.2, 0.25) is 0 Å². The zero-order valence-corrected chi connectivity index (χ0v) is 12.1. The van der Waals surface area contributed by atoms with Crippen LogP contribution in [0.3, 0.4) is 0 Å². The minimum absolute atomic E-state index is 0.146. The molecule has 3 N–H and O–H groups in total. The lowest BCUT2D eigenvalue weighted by atomic mass is 10.0. The number of nitrogens with two attached hydrogens (primary N) is 1. The van der Waals surface area contributed by atoms with Crippen molar-refractivity contribution in [2.75, 3.05) is 12.8 Å². The molecule has 2 aromatic carbocycles. The van der Waals surface area contributed by atoms with Gasteiger partial charge < -0.3 is 15.5 Å². The molecule has 0 bridgehead atoms. The van der Waals surface area contributed by atoms with Crippen molar-refractivity contribution in [3.05, 3.63) is 58.7 Å². The molecule has 1 heterocycles. The second-order valence-corrected chi connectivity index (χ2v) is 5.12. The van der Waals surface area contributed by atoms with Crippen LogP contribution in [-0.2, 0) is 0 Å². The third-order valence-corrected chi connectivity index (χ3v) is 3.59. The summed E-state index contributed by atoms with van der Waals surface area (Å²) in [7, 11) is 1.53. The zero-order valence-electron chi connectivity index (χ0n) is 11.3. The number of halogens is 1. The minimum Gasteiger partial charge on any atom is -0.496 e. The van der Waals surface area contributed by atoms with Gasteiger partial charge in [0.15, 0.2) is 5.78 Å². The zero-order chi connectivity index (χ0) is 15.0. The van der Waals surface area contributed by atoms with Crippen LogP contribution in [0.5, 0.6) is 5.75 Å². The molecule has 5 heteroatoms. The number of benzene rings is 2. The second-order valence-electron chi connectivity index (χ2n) is 4.68. The molecule has 3 aromatic rings. The van der Waals surface area contributed by atoms with Crippen molar-refractivity contribution in [1.82, 2.24) is 4.98 Å². The average Bonchev–Trinajstić information content (AvgIpc) is 2.89. The Balaban J connectivity index is 2.15. The van der Waals surface area contributed by atoms with Gasteiger partial charge in [0, 0.05) is 33.4 Å². The van der Waals surface area contributed by atoms with E-state index in [9.17, 15) is 4.79 Å². The van der Waals surface area contributed by atoms with Crippen molar-refractivity contribution < 1.29 is 9.53 Å². The number of ether oxygens (including phenoxy) is 1. The summed E-state index contributed by atoms with van der Waals surface area (Å²) in [6.07, 6.45) is 1.67. The highest BCUT2D eigenvalue weighted by Crippen LogP contribution is 2.28. The van der Waals surface area contributed by atoms with E-state index in [2.05, 4.69) is 4.98 Å². The van der Waals surface area contributed by atoms with Crippen molar-refractivity contribution in [2.45, 2.75) is 0 Å². The van der Waals surface area contributed by atoms with E-state index in [1.54, 1.807) is 36.5 Å². The molecular weight excluding hydrogens is 288 g/mol. The molecule has 0 radical (unpaired) electrons. The Morgan fingerprint density at radius 1 is 1.19 bits per heavy atom. The molecule has 0 aliphatic heterocycles. The first-order chi connectivity index (χ1) is 10.1. The summed E-state index contributed by atoms with van der Waals surface area (Å²) in [6, 6.07) is 10.4. The number of aromatic nitrogens is 1. The molecule has 21 heavy (non-hydrogen) atoms. The van der Waals surface area contributed by atoms with Gasteiger partial charge in [-0.3, -0.25) is 4.79 Å². The molecule has 0 unspecified atom stereocenters. The molecule has 4 nitrogen and oxygen atoms in total. The number of anilines is 1. The SMILES string of the molecule is COc1ccc(N)cc1C(=O)c1c[nH]c2cc(Cl)ccc12. The highest BCUT2D eigenvalue weighted by Gasteiger charge is 2.18. The molecule has 0 aliphatic rings. The number of ketones is 1.